The van der Waals surface area contributed by atoms with E-state index in [4.69, 9.17) is 9.47 Å². The van der Waals surface area contributed by atoms with Crippen LogP contribution in [-0.4, -0.2) is 36.5 Å². The van der Waals surface area contributed by atoms with Crippen molar-refractivity contribution >= 4 is 11.6 Å². The number of hydrogen-bond acceptors (Lipinski definition) is 4. The van der Waals surface area contributed by atoms with E-state index in [1.807, 2.05) is 0 Å². The Kier molecular flexibility index (Phi) is 1.62. The van der Waals surface area contributed by atoms with Gasteiger partial charge in [0, 0.05) is 12.3 Å². The van der Waals surface area contributed by atoms with E-state index in [2.05, 4.69) is 0 Å². The largest absolute Gasteiger partial charge is 0.370 e. The SMILES string of the molecule is O=C1C2OC3C4CC12C43.O=C1CC2CCC1OC2. The summed E-state index contributed by atoms with van der Waals surface area (Å²) >= 11 is 0. The molecule has 1 spiro atoms. The molecule has 0 aromatic heterocycles. The number of ketones is 2. The van der Waals surface area contributed by atoms with Crippen molar-refractivity contribution in [2.75, 3.05) is 6.61 Å². The van der Waals surface area contributed by atoms with Crippen LogP contribution >= 0.6 is 0 Å². The summed E-state index contributed by atoms with van der Waals surface area (Å²) in [4.78, 5) is 21.9. The van der Waals surface area contributed by atoms with Gasteiger partial charge in [-0.1, -0.05) is 0 Å². The fourth-order valence-electron chi connectivity index (χ4n) is 4.67. The highest BCUT2D eigenvalue weighted by atomic mass is 16.5. The van der Waals surface area contributed by atoms with Gasteiger partial charge in [-0.15, -0.1) is 0 Å². The topological polar surface area (TPSA) is 52.6 Å². The van der Waals surface area contributed by atoms with Crippen LogP contribution in [0.3, 0.4) is 0 Å². The molecule has 96 valence electrons. The van der Waals surface area contributed by atoms with E-state index < -0.39 is 0 Å². The van der Waals surface area contributed by atoms with Gasteiger partial charge in [0.2, 0.25) is 0 Å². The summed E-state index contributed by atoms with van der Waals surface area (Å²) in [7, 11) is 0. The third-order valence-electron chi connectivity index (χ3n) is 5.86. The van der Waals surface area contributed by atoms with Crippen molar-refractivity contribution in [3.63, 3.8) is 0 Å². The Balaban J connectivity index is 0.0000000896. The van der Waals surface area contributed by atoms with Gasteiger partial charge in [-0.2, -0.15) is 0 Å². The van der Waals surface area contributed by atoms with Crippen LogP contribution in [0.25, 0.3) is 0 Å². The van der Waals surface area contributed by atoms with Crippen LogP contribution in [0.2, 0.25) is 0 Å². The first kappa shape index (κ1) is 10.1. The van der Waals surface area contributed by atoms with Crippen LogP contribution in [0.1, 0.15) is 25.7 Å². The second kappa shape index (κ2) is 2.88. The van der Waals surface area contributed by atoms with Crippen LogP contribution < -0.4 is 0 Å². The molecule has 4 heteroatoms. The fraction of sp³-hybridized carbons (Fsp3) is 0.857. The first-order valence-corrected chi connectivity index (χ1v) is 7.06. The van der Waals surface area contributed by atoms with E-state index in [9.17, 15) is 9.59 Å². The fourth-order valence-corrected chi connectivity index (χ4v) is 4.67. The summed E-state index contributed by atoms with van der Waals surface area (Å²) in [6, 6.07) is 0. The zero-order valence-corrected chi connectivity index (χ0v) is 10.1. The molecule has 7 rings (SSSR count). The van der Waals surface area contributed by atoms with Gasteiger partial charge in [0.1, 0.15) is 12.2 Å². The van der Waals surface area contributed by atoms with Crippen molar-refractivity contribution in [3.05, 3.63) is 0 Å². The Morgan fingerprint density at radius 3 is 2.44 bits per heavy atom. The standard InChI is InChI=1S/C7H6O2.C7H10O2/c8-5-6-7(5)1-2-3(7)4(2)9-6;8-6-3-5-1-2-7(6)9-4-5/h2-4,6H,1H2;5,7H,1-4H2. The maximum Gasteiger partial charge on any atom is 0.172 e. The van der Waals surface area contributed by atoms with Gasteiger partial charge in [-0.3, -0.25) is 9.59 Å². The summed E-state index contributed by atoms with van der Waals surface area (Å²) in [6.07, 6.45) is 4.73. The molecular weight excluding hydrogens is 232 g/mol. The van der Waals surface area contributed by atoms with Gasteiger partial charge >= 0.3 is 0 Å². The molecule has 3 saturated heterocycles. The van der Waals surface area contributed by atoms with E-state index in [1.165, 1.54) is 12.8 Å². The van der Waals surface area contributed by atoms with Crippen LogP contribution in [0, 0.1) is 23.2 Å². The van der Waals surface area contributed by atoms with Crippen molar-refractivity contribution < 1.29 is 19.1 Å². The molecule has 3 heterocycles. The Bertz CT molecular complexity index is 458. The van der Waals surface area contributed by atoms with E-state index in [1.54, 1.807) is 0 Å². The second-order valence-corrected chi connectivity index (χ2v) is 6.71. The Hall–Kier alpha value is -0.740. The van der Waals surface area contributed by atoms with Crippen LogP contribution in [0.15, 0.2) is 0 Å². The van der Waals surface area contributed by atoms with Crippen LogP contribution in [0.5, 0.6) is 0 Å². The van der Waals surface area contributed by atoms with Crippen molar-refractivity contribution in [1.82, 2.24) is 0 Å². The monoisotopic (exact) mass is 248 g/mol. The number of Topliss-reactive ketones (excluding diaryl/α,β-unsaturated/α-hetero) is 2. The zero-order valence-electron chi connectivity index (χ0n) is 10.1. The Morgan fingerprint density at radius 2 is 2.11 bits per heavy atom. The summed E-state index contributed by atoms with van der Waals surface area (Å²) in [6.45, 7) is 0.830. The average Bonchev–Trinajstić information content (AvgIpc) is 3.14. The average molecular weight is 248 g/mol. The molecular formula is C14H16O4. The molecule has 0 radical (unpaired) electrons. The molecule has 0 amide bonds. The van der Waals surface area contributed by atoms with Crippen molar-refractivity contribution in [3.8, 4) is 0 Å². The molecule has 3 aliphatic heterocycles. The summed E-state index contributed by atoms with van der Waals surface area (Å²) in [5.41, 5.74) is 0.134. The lowest BCUT2D eigenvalue weighted by Crippen LogP contribution is -2.40. The molecule has 7 aliphatic rings. The quantitative estimate of drug-likeness (QED) is 0.634. The normalized spacial score (nSPS) is 60.2. The summed E-state index contributed by atoms with van der Waals surface area (Å²) in [5.74, 6) is 2.82. The van der Waals surface area contributed by atoms with E-state index >= 15 is 0 Å². The van der Waals surface area contributed by atoms with Crippen LogP contribution in [0.4, 0.5) is 0 Å². The number of carbonyl (C=O) groups is 2. The lowest BCUT2D eigenvalue weighted by atomic mass is 9.81. The third-order valence-corrected chi connectivity index (χ3v) is 5.86. The molecule has 2 bridgehead atoms. The highest BCUT2D eigenvalue weighted by molar-refractivity contribution is 6.10. The maximum absolute atomic E-state index is 11.0. The van der Waals surface area contributed by atoms with Crippen molar-refractivity contribution in [2.24, 2.45) is 23.2 Å². The molecule has 4 nitrogen and oxygen atoms in total. The Morgan fingerprint density at radius 1 is 1.22 bits per heavy atom. The summed E-state index contributed by atoms with van der Waals surface area (Å²) < 4.78 is 10.7. The molecule has 0 aromatic carbocycles. The van der Waals surface area contributed by atoms with E-state index in [-0.39, 0.29) is 17.6 Å². The maximum atomic E-state index is 11.0. The number of rotatable bonds is 0. The van der Waals surface area contributed by atoms with Gasteiger partial charge in [0.15, 0.2) is 11.6 Å². The predicted octanol–water partition coefficient (Wildman–Crippen LogP) is 0.727. The lowest BCUT2D eigenvalue weighted by Gasteiger charge is -2.34. The van der Waals surface area contributed by atoms with Gasteiger partial charge < -0.3 is 9.47 Å². The smallest absolute Gasteiger partial charge is 0.172 e. The highest BCUT2D eigenvalue weighted by Gasteiger charge is 2.93. The molecule has 0 aromatic rings. The number of hydrogen-bond donors (Lipinski definition) is 0. The molecule has 7 atom stereocenters. The molecule has 0 N–H and O–H groups in total. The number of fused-ring (bicyclic) bond motifs is 4. The lowest BCUT2D eigenvalue weighted by molar-refractivity contribution is -0.147. The van der Waals surface area contributed by atoms with Gasteiger partial charge in [-0.25, -0.2) is 0 Å². The van der Waals surface area contributed by atoms with Gasteiger partial charge in [0.05, 0.1) is 18.1 Å². The molecule has 7 fully saturated rings. The third kappa shape index (κ3) is 0.980. The van der Waals surface area contributed by atoms with Crippen LogP contribution in [-0.2, 0) is 19.1 Å². The van der Waals surface area contributed by atoms with E-state index in [0.29, 0.717) is 29.5 Å². The zero-order chi connectivity index (χ0) is 12.1. The highest BCUT2D eigenvalue weighted by Crippen LogP contribution is 2.83. The summed E-state index contributed by atoms with van der Waals surface area (Å²) in [5, 5.41) is 0. The number of carbonyl (C=O) groups excluding carboxylic acids is 2. The second-order valence-electron chi connectivity index (χ2n) is 6.71. The molecule has 4 aliphatic carbocycles. The first-order chi connectivity index (χ1) is 8.72. The van der Waals surface area contributed by atoms with Crippen molar-refractivity contribution in [1.29, 1.82) is 0 Å². The Labute approximate surface area is 105 Å². The van der Waals surface area contributed by atoms with Crippen molar-refractivity contribution in [2.45, 2.75) is 44.0 Å². The molecule has 4 saturated carbocycles. The first-order valence-electron chi connectivity index (χ1n) is 7.06. The molecule has 7 unspecified atom stereocenters. The number of ether oxygens (including phenoxy) is 2. The van der Waals surface area contributed by atoms with Gasteiger partial charge in [0.25, 0.3) is 0 Å². The van der Waals surface area contributed by atoms with E-state index in [0.717, 1.165) is 25.4 Å². The van der Waals surface area contributed by atoms with Gasteiger partial charge in [-0.05, 0) is 31.1 Å². The predicted molar refractivity (Wildman–Crippen MR) is 59.8 cm³/mol. The minimum absolute atomic E-state index is 0.0185. The minimum Gasteiger partial charge on any atom is -0.370 e. The molecule has 18 heavy (non-hydrogen) atoms. The minimum atomic E-state index is -0.0185.